The summed E-state index contributed by atoms with van der Waals surface area (Å²) in [5.41, 5.74) is 1.71. The van der Waals surface area contributed by atoms with Crippen LogP contribution in [0.4, 0.5) is 13.2 Å². The summed E-state index contributed by atoms with van der Waals surface area (Å²) in [6, 6.07) is 8.01. The van der Waals surface area contributed by atoms with Crippen molar-refractivity contribution in [3.8, 4) is 0 Å². The molecule has 2 rings (SSSR count). The van der Waals surface area contributed by atoms with E-state index >= 15 is 0 Å². The molecule has 4 nitrogen and oxygen atoms in total. The second-order valence-corrected chi connectivity index (χ2v) is 5.37. The van der Waals surface area contributed by atoms with E-state index in [-0.39, 0.29) is 12.0 Å². The average Bonchev–Trinajstić information content (AvgIpc) is 2.84. The van der Waals surface area contributed by atoms with E-state index in [0.717, 1.165) is 12.1 Å². The molecule has 1 N–H and O–H groups in total. The molecule has 1 aromatic carbocycles. The van der Waals surface area contributed by atoms with Gasteiger partial charge in [-0.25, -0.2) is 5.43 Å². The molecule has 2 aromatic rings. The Morgan fingerprint density at radius 3 is 2.73 bits per heavy atom. The van der Waals surface area contributed by atoms with Gasteiger partial charge in [0.1, 0.15) is 5.76 Å². The maximum atomic E-state index is 12.6. The summed E-state index contributed by atoms with van der Waals surface area (Å²) in [5, 5.41) is 3.68. The smallest absolute Gasteiger partial charge is 0.416 e. The minimum Gasteiger partial charge on any atom is -0.449 e. The Hall–Kier alpha value is -1.84. The number of rotatable bonds is 4. The largest absolute Gasteiger partial charge is 0.449 e. The fourth-order valence-electron chi connectivity index (χ4n) is 1.65. The number of nitrogens with one attached hydrogen (secondary N) is 1. The molecule has 1 aromatic heterocycles. The number of benzene rings is 1. The Bertz CT molecular complexity index is 695. The zero-order valence-corrected chi connectivity index (χ0v) is 13.2. The van der Waals surface area contributed by atoms with E-state index in [1.54, 1.807) is 12.1 Å². The third-order valence-corrected chi connectivity index (χ3v) is 3.17. The van der Waals surface area contributed by atoms with Gasteiger partial charge in [-0.2, -0.15) is 18.3 Å². The van der Waals surface area contributed by atoms with Crippen molar-refractivity contribution < 1.29 is 22.4 Å². The Labute approximate surface area is 137 Å². The van der Waals surface area contributed by atoms with Crippen molar-refractivity contribution in [3.05, 3.63) is 57.1 Å². The van der Waals surface area contributed by atoms with Gasteiger partial charge in [0, 0.05) is 0 Å². The first-order chi connectivity index (χ1) is 10.3. The van der Waals surface area contributed by atoms with Gasteiger partial charge in [0.15, 0.2) is 3.77 Å². The Balaban J connectivity index is 1.93. The lowest BCUT2D eigenvalue weighted by molar-refractivity contribution is -0.137. The summed E-state index contributed by atoms with van der Waals surface area (Å²) in [6.07, 6.45) is -3.32. The van der Waals surface area contributed by atoms with Gasteiger partial charge >= 0.3 is 6.18 Å². The van der Waals surface area contributed by atoms with Gasteiger partial charge in [-0.15, -0.1) is 0 Å². The highest BCUT2D eigenvalue weighted by molar-refractivity contribution is 14.1. The minimum absolute atomic E-state index is 0.197. The van der Waals surface area contributed by atoms with Crippen LogP contribution in [0, 0.1) is 3.77 Å². The predicted molar refractivity (Wildman–Crippen MR) is 82.3 cm³/mol. The number of alkyl halides is 3. The maximum absolute atomic E-state index is 12.6. The van der Waals surface area contributed by atoms with Crippen molar-refractivity contribution in [1.29, 1.82) is 0 Å². The van der Waals surface area contributed by atoms with Crippen LogP contribution in [0.3, 0.4) is 0 Å². The van der Waals surface area contributed by atoms with Crippen molar-refractivity contribution in [1.82, 2.24) is 5.43 Å². The molecule has 0 saturated carbocycles. The summed E-state index contributed by atoms with van der Waals surface area (Å²) in [6.45, 7) is 0. The number of hydrazone groups is 1. The number of hydrogen-bond donors (Lipinski definition) is 1. The topological polar surface area (TPSA) is 54.6 Å². The molecule has 22 heavy (non-hydrogen) atoms. The van der Waals surface area contributed by atoms with Crippen molar-refractivity contribution in [2.24, 2.45) is 5.10 Å². The fraction of sp³-hybridized carbons (Fsp3) is 0.143. The van der Waals surface area contributed by atoms with E-state index in [1.807, 2.05) is 22.6 Å². The van der Waals surface area contributed by atoms with Crippen LogP contribution in [0.1, 0.15) is 16.9 Å². The number of amides is 1. The van der Waals surface area contributed by atoms with Crippen LogP contribution >= 0.6 is 22.6 Å². The van der Waals surface area contributed by atoms with Crippen LogP contribution in [0.15, 0.2) is 45.9 Å². The van der Waals surface area contributed by atoms with Crippen LogP contribution in [-0.4, -0.2) is 12.1 Å². The highest BCUT2D eigenvalue weighted by Crippen LogP contribution is 2.29. The third-order valence-electron chi connectivity index (χ3n) is 2.59. The molecule has 0 radical (unpaired) electrons. The molecule has 0 bridgehead atoms. The molecule has 0 spiro atoms. The summed E-state index contributed by atoms with van der Waals surface area (Å²) >= 11 is 1.98. The summed E-state index contributed by atoms with van der Waals surface area (Å²) in [4.78, 5) is 11.6. The maximum Gasteiger partial charge on any atom is 0.416 e. The van der Waals surface area contributed by atoms with E-state index in [1.165, 1.54) is 18.3 Å². The minimum atomic E-state index is -4.43. The Kier molecular flexibility index (Phi) is 5.22. The number of carbonyl (C=O) groups is 1. The van der Waals surface area contributed by atoms with Gasteiger partial charge in [-0.05, 0) is 46.4 Å². The van der Waals surface area contributed by atoms with Crippen molar-refractivity contribution in [3.63, 3.8) is 0 Å². The highest BCUT2D eigenvalue weighted by Gasteiger charge is 2.30. The van der Waals surface area contributed by atoms with Gasteiger partial charge in [-0.1, -0.05) is 18.2 Å². The highest BCUT2D eigenvalue weighted by atomic mass is 127. The first kappa shape index (κ1) is 16.5. The van der Waals surface area contributed by atoms with E-state index < -0.39 is 17.6 Å². The van der Waals surface area contributed by atoms with Gasteiger partial charge in [0.05, 0.1) is 18.2 Å². The number of carbonyl (C=O) groups excluding carboxylic acids is 1. The average molecular weight is 422 g/mol. The van der Waals surface area contributed by atoms with E-state index in [2.05, 4.69) is 10.5 Å². The Morgan fingerprint density at radius 1 is 1.32 bits per heavy atom. The first-order valence-electron chi connectivity index (χ1n) is 6.08. The molecule has 1 heterocycles. The van der Waals surface area contributed by atoms with Crippen LogP contribution in [0.25, 0.3) is 0 Å². The SMILES string of the molecule is O=C(Cc1cccc(C(F)(F)F)c1)N/N=C/c1ccc(I)o1. The van der Waals surface area contributed by atoms with Gasteiger partial charge in [0.25, 0.3) is 0 Å². The van der Waals surface area contributed by atoms with Crippen molar-refractivity contribution >= 4 is 34.7 Å². The summed E-state index contributed by atoms with van der Waals surface area (Å²) in [7, 11) is 0. The second-order valence-electron chi connectivity index (χ2n) is 4.31. The standard InChI is InChI=1S/C14H10F3IN2O2/c15-14(16,17)10-3-1-2-9(6-10)7-13(21)20-19-8-11-4-5-12(18)22-11/h1-6,8H,7H2,(H,20,21)/b19-8+. The summed E-state index contributed by atoms with van der Waals surface area (Å²) in [5.74, 6) is -0.0550. The lowest BCUT2D eigenvalue weighted by Crippen LogP contribution is -2.20. The van der Waals surface area contributed by atoms with Crippen LogP contribution < -0.4 is 5.43 Å². The quantitative estimate of drug-likeness (QED) is 0.465. The summed E-state index contributed by atoms with van der Waals surface area (Å²) < 4.78 is 43.6. The first-order valence-corrected chi connectivity index (χ1v) is 7.16. The number of nitrogens with zero attached hydrogens (tertiary/aromatic N) is 1. The molecule has 0 aliphatic carbocycles. The normalized spacial score (nSPS) is 11.8. The van der Waals surface area contributed by atoms with Gasteiger partial charge in [0.2, 0.25) is 5.91 Å². The van der Waals surface area contributed by atoms with Crippen LogP contribution in [0.2, 0.25) is 0 Å². The molecule has 0 fully saturated rings. The van der Waals surface area contributed by atoms with Crippen molar-refractivity contribution in [2.45, 2.75) is 12.6 Å². The number of halogens is 4. The number of hydrogen-bond acceptors (Lipinski definition) is 3. The fourth-order valence-corrected chi connectivity index (χ4v) is 2.08. The molecule has 8 heteroatoms. The molecule has 0 saturated heterocycles. The van der Waals surface area contributed by atoms with E-state index in [4.69, 9.17) is 4.42 Å². The molecule has 0 unspecified atom stereocenters. The van der Waals surface area contributed by atoms with Crippen molar-refractivity contribution in [2.75, 3.05) is 0 Å². The number of furan rings is 1. The lowest BCUT2D eigenvalue weighted by Gasteiger charge is -2.08. The van der Waals surface area contributed by atoms with E-state index in [9.17, 15) is 18.0 Å². The lowest BCUT2D eigenvalue weighted by atomic mass is 10.1. The van der Waals surface area contributed by atoms with Gasteiger partial charge in [-0.3, -0.25) is 4.79 Å². The zero-order chi connectivity index (χ0) is 16.2. The molecular weight excluding hydrogens is 412 g/mol. The molecule has 0 aliphatic heterocycles. The van der Waals surface area contributed by atoms with E-state index in [0.29, 0.717) is 9.53 Å². The molecule has 116 valence electrons. The monoisotopic (exact) mass is 422 g/mol. The molecular formula is C14H10F3IN2O2. The van der Waals surface area contributed by atoms with Crippen LogP contribution in [-0.2, 0) is 17.4 Å². The molecule has 0 atom stereocenters. The van der Waals surface area contributed by atoms with Gasteiger partial charge < -0.3 is 4.42 Å². The molecule has 1 amide bonds. The third kappa shape index (κ3) is 4.86. The second kappa shape index (κ2) is 6.95. The predicted octanol–water partition coefficient (Wildman–Crippen LogP) is 3.60. The Morgan fingerprint density at radius 2 is 2.09 bits per heavy atom. The molecule has 0 aliphatic rings. The van der Waals surface area contributed by atoms with Crippen LogP contribution in [0.5, 0.6) is 0 Å². The zero-order valence-electron chi connectivity index (χ0n) is 11.0.